The monoisotopic (exact) mass is 362 g/mol. The highest BCUT2D eigenvalue weighted by atomic mass is 32.2. The first-order valence-electron chi connectivity index (χ1n) is 8.33. The number of fused-ring (bicyclic) bond motifs is 1. The van der Waals surface area contributed by atoms with Gasteiger partial charge in [-0.15, -0.1) is 0 Å². The fraction of sp³-hybridized carbons (Fsp3) is 0.150. The molecule has 2 aromatic carbocycles. The van der Waals surface area contributed by atoms with Crippen LogP contribution in [0.25, 0.3) is 16.7 Å². The molecule has 2 aromatic heterocycles. The van der Waals surface area contributed by atoms with Crippen LogP contribution in [-0.2, 0) is 5.75 Å². The van der Waals surface area contributed by atoms with Crippen LogP contribution >= 0.6 is 11.8 Å². The highest BCUT2D eigenvalue weighted by Gasteiger charge is 2.14. The summed E-state index contributed by atoms with van der Waals surface area (Å²) in [6.07, 6.45) is 1.53. The number of hydrogen-bond donors (Lipinski definition) is 1. The number of rotatable bonds is 4. The van der Waals surface area contributed by atoms with Crippen LogP contribution in [0.2, 0.25) is 0 Å². The maximum absolute atomic E-state index is 13.0. The number of H-pyrrole nitrogens is 1. The molecule has 0 saturated carbocycles. The molecule has 0 bridgehead atoms. The minimum absolute atomic E-state index is 0.112. The Morgan fingerprint density at radius 1 is 1.00 bits per heavy atom. The van der Waals surface area contributed by atoms with Crippen LogP contribution in [0.1, 0.15) is 16.7 Å². The number of aromatic nitrogens is 4. The molecule has 130 valence electrons. The average Bonchev–Trinajstić information content (AvgIpc) is 3.11. The summed E-state index contributed by atoms with van der Waals surface area (Å²) >= 11 is 1.54. The number of aryl methyl sites for hydroxylation is 2. The Labute approximate surface area is 155 Å². The molecule has 0 aliphatic heterocycles. The number of benzene rings is 2. The van der Waals surface area contributed by atoms with Gasteiger partial charge in [0.15, 0.2) is 10.8 Å². The molecule has 0 radical (unpaired) electrons. The molecule has 0 aliphatic rings. The second kappa shape index (κ2) is 6.80. The number of nitrogens with zero attached hydrogens (tertiary/aromatic N) is 3. The van der Waals surface area contributed by atoms with Crippen molar-refractivity contribution in [1.29, 1.82) is 0 Å². The molecule has 2 heterocycles. The standard InChI is InChI=1S/C20H18N4OS/c1-13-3-7-15(8-4-13)12-26-20-22-18-17(11-21-23-18)19(25)24(20)16-9-5-14(2)6-10-16/h3-11H,12H2,1-2H3,(H,21,23). The summed E-state index contributed by atoms with van der Waals surface area (Å²) in [7, 11) is 0. The lowest BCUT2D eigenvalue weighted by Gasteiger charge is -2.12. The fourth-order valence-corrected chi connectivity index (χ4v) is 3.69. The minimum atomic E-state index is -0.112. The van der Waals surface area contributed by atoms with E-state index in [-0.39, 0.29) is 5.56 Å². The predicted molar refractivity (Wildman–Crippen MR) is 105 cm³/mol. The van der Waals surface area contributed by atoms with Gasteiger partial charge in [0.2, 0.25) is 0 Å². The largest absolute Gasteiger partial charge is 0.269 e. The molecule has 0 unspecified atom stereocenters. The van der Waals surface area contributed by atoms with Gasteiger partial charge in [0.05, 0.1) is 11.9 Å². The van der Waals surface area contributed by atoms with Gasteiger partial charge in [0, 0.05) is 5.75 Å². The van der Waals surface area contributed by atoms with E-state index in [0.29, 0.717) is 16.2 Å². The molecule has 4 rings (SSSR count). The Balaban J connectivity index is 1.79. The van der Waals surface area contributed by atoms with Gasteiger partial charge in [0.25, 0.3) is 5.56 Å². The van der Waals surface area contributed by atoms with Crippen molar-refractivity contribution in [1.82, 2.24) is 19.7 Å². The third-order valence-electron chi connectivity index (χ3n) is 4.23. The van der Waals surface area contributed by atoms with E-state index in [1.54, 1.807) is 16.3 Å². The maximum atomic E-state index is 13.0. The van der Waals surface area contributed by atoms with Gasteiger partial charge >= 0.3 is 0 Å². The Kier molecular flexibility index (Phi) is 4.34. The molecule has 0 spiro atoms. The Morgan fingerprint density at radius 3 is 2.35 bits per heavy atom. The summed E-state index contributed by atoms with van der Waals surface area (Å²) in [4.78, 5) is 17.6. The number of aromatic amines is 1. The third kappa shape index (κ3) is 3.15. The SMILES string of the molecule is Cc1ccc(CSc2nc3[nH]ncc3c(=O)n2-c2ccc(C)cc2)cc1. The molecule has 6 heteroatoms. The fourth-order valence-electron chi connectivity index (χ4n) is 2.72. The van der Waals surface area contributed by atoms with E-state index in [4.69, 9.17) is 0 Å². The zero-order valence-corrected chi connectivity index (χ0v) is 15.4. The van der Waals surface area contributed by atoms with Crippen LogP contribution in [0, 0.1) is 13.8 Å². The predicted octanol–water partition coefficient (Wildman–Crippen LogP) is 4.02. The van der Waals surface area contributed by atoms with Gasteiger partial charge < -0.3 is 0 Å². The van der Waals surface area contributed by atoms with E-state index in [9.17, 15) is 4.79 Å². The van der Waals surface area contributed by atoms with Crippen LogP contribution < -0.4 is 5.56 Å². The van der Waals surface area contributed by atoms with Gasteiger partial charge in [-0.1, -0.05) is 59.3 Å². The normalized spacial score (nSPS) is 11.2. The van der Waals surface area contributed by atoms with Crippen molar-refractivity contribution in [2.24, 2.45) is 0 Å². The van der Waals surface area contributed by atoms with E-state index >= 15 is 0 Å². The topological polar surface area (TPSA) is 63.6 Å². The molecule has 0 fully saturated rings. The van der Waals surface area contributed by atoms with Crippen molar-refractivity contribution in [2.45, 2.75) is 24.8 Å². The lowest BCUT2D eigenvalue weighted by molar-refractivity contribution is 0.815. The molecular formula is C20H18N4OS. The smallest absolute Gasteiger partial charge is 0.268 e. The molecule has 1 N–H and O–H groups in total. The van der Waals surface area contributed by atoms with Gasteiger partial charge in [-0.2, -0.15) is 5.10 Å². The van der Waals surface area contributed by atoms with Crippen molar-refractivity contribution in [3.05, 3.63) is 81.8 Å². The molecule has 5 nitrogen and oxygen atoms in total. The average molecular weight is 362 g/mol. The highest BCUT2D eigenvalue weighted by Crippen LogP contribution is 2.24. The van der Waals surface area contributed by atoms with Gasteiger partial charge in [-0.05, 0) is 31.5 Å². The van der Waals surface area contributed by atoms with Crippen molar-refractivity contribution in [3.8, 4) is 5.69 Å². The molecule has 26 heavy (non-hydrogen) atoms. The summed E-state index contributed by atoms with van der Waals surface area (Å²) in [6.45, 7) is 4.09. The van der Waals surface area contributed by atoms with Gasteiger partial charge in [-0.3, -0.25) is 14.5 Å². The second-order valence-corrected chi connectivity index (χ2v) is 7.22. The number of thioether (sulfide) groups is 1. The molecule has 0 amide bonds. The van der Waals surface area contributed by atoms with Crippen molar-refractivity contribution in [3.63, 3.8) is 0 Å². The molecular weight excluding hydrogens is 344 g/mol. The second-order valence-electron chi connectivity index (χ2n) is 6.28. The van der Waals surface area contributed by atoms with E-state index < -0.39 is 0 Å². The van der Waals surface area contributed by atoms with Gasteiger partial charge in [0.1, 0.15) is 5.39 Å². The molecule has 4 aromatic rings. The van der Waals surface area contributed by atoms with E-state index in [0.717, 1.165) is 17.0 Å². The summed E-state index contributed by atoms with van der Waals surface area (Å²) in [5, 5.41) is 7.92. The molecule has 0 atom stereocenters. The van der Waals surface area contributed by atoms with Crippen LogP contribution in [0.4, 0.5) is 0 Å². The van der Waals surface area contributed by atoms with E-state index in [1.165, 1.54) is 17.3 Å². The first kappa shape index (κ1) is 16.6. The highest BCUT2D eigenvalue weighted by molar-refractivity contribution is 7.98. The summed E-state index contributed by atoms with van der Waals surface area (Å²) in [6, 6.07) is 16.3. The van der Waals surface area contributed by atoms with Crippen molar-refractivity contribution >= 4 is 22.8 Å². The first-order valence-corrected chi connectivity index (χ1v) is 9.32. The maximum Gasteiger partial charge on any atom is 0.269 e. The number of nitrogens with one attached hydrogen (secondary N) is 1. The van der Waals surface area contributed by atoms with Gasteiger partial charge in [-0.25, -0.2) is 4.98 Å². The van der Waals surface area contributed by atoms with Crippen LogP contribution in [0.5, 0.6) is 0 Å². The quantitative estimate of drug-likeness (QED) is 0.440. The lowest BCUT2D eigenvalue weighted by Crippen LogP contribution is -2.21. The third-order valence-corrected chi connectivity index (χ3v) is 5.24. The molecule has 0 saturated heterocycles. The first-order chi connectivity index (χ1) is 12.6. The Hall–Kier alpha value is -2.86. The van der Waals surface area contributed by atoms with Crippen LogP contribution in [-0.4, -0.2) is 19.7 Å². The zero-order chi connectivity index (χ0) is 18.1. The Morgan fingerprint density at radius 2 is 1.65 bits per heavy atom. The lowest BCUT2D eigenvalue weighted by atomic mass is 10.2. The minimum Gasteiger partial charge on any atom is -0.268 e. The molecule has 0 aliphatic carbocycles. The Bertz CT molecular complexity index is 1110. The van der Waals surface area contributed by atoms with E-state index in [1.807, 2.05) is 31.2 Å². The van der Waals surface area contributed by atoms with Crippen LogP contribution in [0.15, 0.2) is 64.7 Å². The summed E-state index contributed by atoms with van der Waals surface area (Å²) in [5.41, 5.74) is 4.78. The van der Waals surface area contributed by atoms with Crippen molar-refractivity contribution < 1.29 is 0 Å². The summed E-state index contributed by atoms with van der Waals surface area (Å²) < 4.78 is 1.66. The van der Waals surface area contributed by atoms with Crippen molar-refractivity contribution in [2.75, 3.05) is 0 Å². The zero-order valence-electron chi connectivity index (χ0n) is 14.6. The number of hydrogen-bond acceptors (Lipinski definition) is 4. The van der Waals surface area contributed by atoms with Crippen LogP contribution in [0.3, 0.4) is 0 Å². The summed E-state index contributed by atoms with van der Waals surface area (Å²) in [5.74, 6) is 0.734. The van der Waals surface area contributed by atoms with E-state index in [2.05, 4.69) is 46.4 Å².